The van der Waals surface area contributed by atoms with Gasteiger partial charge in [0.15, 0.2) is 5.84 Å². The topological polar surface area (TPSA) is 75.7 Å². The molecule has 4 nitrogen and oxygen atoms in total. The lowest BCUT2D eigenvalue weighted by Gasteiger charge is -2.16. The molecule has 5 heteroatoms. The molecule has 1 aliphatic heterocycles. The highest BCUT2D eigenvalue weighted by atomic mass is 19.2. The standard InChI is InChI=1S/C5H5FN2O2/c6-5(10)3(9)1-2-8-4(5)7/h1-2,10H,(H2,7,8). The summed E-state index contributed by atoms with van der Waals surface area (Å²) in [6.07, 6.45) is 1.85. The first kappa shape index (κ1) is 6.88. The molecular weight excluding hydrogens is 139 g/mol. The number of ketones is 1. The van der Waals surface area contributed by atoms with Crippen LogP contribution >= 0.6 is 0 Å². The van der Waals surface area contributed by atoms with E-state index in [2.05, 4.69) is 4.99 Å². The molecule has 1 heterocycles. The fourth-order valence-corrected chi connectivity index (χ4v) is 0.507. The number of rotatable bonds is 0. The van der Waals surface area contributed by atoms with Crippen LogP contribution in [0.5, 0.6) is 0 Å². The van der Waals surface area contributed by atoms with Gasteiger partial charge in [-0.3, -0.25) is 4.79 Å². The second-order valence-corrected chi connectivity index (χ2v) is 1.82. The van der Waals surface area contributed by atoms with Crippen molar-refractivity contribution in [2.45, 2.75) is 5.85 Å². The van der Waals surface area contributed by atoms with Crippen LogP contribution in [0.15, 0.2) is 17.3 Å². The number of alkyl halides is 1. The van der Waals surface area contributed by atoms with E-state index in [4.69, 9.17) is 10.8 Å². The van der Waals surface area contributed by atoms with E-state index in [1.54, 1.807) is 0 Å². The van der Waals surface area contributed by atoms with Crippen molar-refractivity contribution in [3.8, 4) is 0 Å². The zero-order chi connectivity index (χ0) is 7.78. The van der Waals surface area contributed by atoms with Crippen LogP contribution in [-0.4, -0.2) is 22.6 Å². The fraction of sp³-hybridized carbons (Fsp3) is 0.200. The Labute approximate surface area is 55.9 Å². The molecule has 0 radical (unpaired) electrons. The zero-order valence-electron chi connectivity index (χ0n) is 4.91. The molecule has 0 saturated carbocycles. The van der Waals surface area contributed by atoms with Gasteiger partial charge in [0.2, 0.25) is 5.78 Å². The molecule has 1 aliphatic rings. The largest absolute Gasteiger partial charge is 0.382 e. The van der Waals surface area contributed by atoms with Gasteiger partial charge in [0, 0.05) is 12.3 Å². The van der Waals surface area contributed by atoms with Crippen molar-refractivity contribution in [3.05, 3.63) is 12.3 Å². The summed E-state index contributed by atoms with van der Waals surface area (Å²) in [6, 6.07) is 0. The lowest BCUT2D eigenvalue weighted by atomic mass is 10.1. The quantitative estimate of drug-likeness (QED) is 0.462. The van der Waals surface area contributed by atoms with Crippen LogP contribution in [0.3, 0.4) is 0 Å². The Bertz CT molecular complexity index is 232. The predicted octanol–water partition coefficient (Wildman–Crippen LogP) is -0.902. The molecule has 3 N–H and O–H groups in total. The summed E-state index contributed by atoms with van der Waals surface area (Å²) in [5.41, 5.74) is 4.86. The van der Waals surface area contributed by atoms with Crippen molar-refractivity contribution < 1.29 is 14.3 Å². The van der Waals surface area contributed by atoms with E-state index >= 15 is 0 Å². The number of aliphatic hydroxyl groups is 1. The van der Waals surface area contributed by atoms with Crippen LogP contribution in [0.1, 0.15) is 0 Å². The van der Waals surface area contributed by atoms with Gasteiger partial charge in [-0.05, 0) is 0 Å². The number of hydrogen-bond acceptors (Lipinski definition) is 4. The van der Waals surface area contributed by atoms with Gasteiger partial charge >= 0.3 is 5.85 Å². The van der Waals surface area contributed by atoms with Crippen molar-refractivity contribution in [1.82, 2.24) is 0 Å². The minimum absolute atomic E-state index is 0.722. The maximum Gasteiger partial charge on any atom is 0.328 e. The number of carbonyl (C=O) groups excluding carboxylic acids is 1. The van der Waals surface area contributed by atoms with Gasteiger partial charge < -0.3 is 10.8 Å². The second-order valence-electron chi connectivity index (χ2n) is 1.82. The van der Waals surface area contributed by atoms with E-state index in [9.17, 15) is 9.18 Å². The number of halogens is 1. The summed E-state index contributed by atoms with van der Waals surface area (Å²) in [5.74, 6) is -4.92. The number of aliphatic imine (C=N–C) groups is 1. The van der Waals surface area contributed by atoms with Gasteiger partial charge in [-0.15, -0.1) is 0 Å². The fourth-order valence-electron chi connectivity index (χ4n) is 0.507. The molecule has 0 fully saturated rings. The Morgan fingerprint density at radius 1 is 1.80 bits per heavy atom. The highest BCUT2D eigenvalue weighted by molar-refractivity contribution is 6.15. The minimum atomic E-state index is -3.10. The molecule has 1 rings (SSSR count). The summed E-state index contributed by atoms with van der Waals surface area (Å²) in [6.45, 7) is 0. The molecule has 0 aromatic carbocycles. The number of nitrogens with two attached hydrogens (primary N) is 1. The predicted molar refractivity (Wildman–Crippen MR) is 31.8 cm³/mol. The third-order valence-electron chi connectivity index (χ3n) is 1.11. The van der Waals surface area contributed by atoms with Crippen LogP contribution in [0.25, 0.3) is 0 Å². The number of hydrogen-bond donors (Lipinski definition) is 2. The molecule has 0 aromatic rings. The Morgan fingerprint density at radius 2 is 2.40 bits per heavy atom. The normalized spacial score (nSPS) is 32.2. The van der Waals surface area contributed by atoms with Crippen molar-refractivity contribution in [1.29, 1.82) is 0 Å². The molecule has 54 valence electrons. The van der Waals surface area contributed by atoms with Crippen molar-refractivity contribution in [3.63, 3.8) is 0 Å². The molecule has 0 saturated heterocycles. The Hall–Kier alpha value is -1.23. The maximum absolute atomic E-state index is 12.6. The summed E-state index contributed by atoms with van der Waals surface area (Å²) >= 11 is 0. The van der Waals surface area contributed by atoms with Crippen LogP contribution in [0.4, 0.5) is 4.39 Å². The number of amidine groups is 1. The summed E-state index contributed by atoms with van der Waals surface area (Å²) in [5, 5.41) is 8.59. The first-order valence-corrected chi connectivity index (χ1v) is 2.51. The molecular formula is C5H5FN2O2. The molecule has 1 atom stereocenters. The Balaban J connectivity index is 3.05. The molecule has 10 heavy (non-hydrogen) atoms. The zero-order valence-corrected chi connectivity index (χ0v) is 4.91. The van der Waals surface area contributed by atoms with Crippen LogP contribution in [0.2, 0.25) is 0 Å². The lowest BCUT2D eigenvalue weighted by molar-refractivity contribution is -0.139. The molecule has 0 bridgehead atoms. The molecule has 0 spiro atoms. The van der Waals surface area contributed by atoms with Gasteiger partial charge in [-0.25, -0.2) is 4.99 Å². The third kappa shape index (κ3) is 0.801. The number of carbonyl (C=O) groups is 1. The average Bonchev–Trinajstić information content (AvgIpc) is 1.84. The van der Waals surface area contributed by atoms with Crippen molar-refractivity contribution in [2.75, 3.05) is 0 Å². The van der Waals surface area contributed by atoms with Crippen molar-refractivity contribution in [2.24, 2.45) is 10.7 Å². The van der Waals surface area contributed by atoms with E-state index in [-0.39, 0.29) is 0 Å². The van der Waals surface area contributed by atoms with E-state index in [0.717, 1.165) is 12.3 Å². The minimum Gasteiger partial charge on any atom is -0.382 e. The maximum atomic E-state index is 12.6. The average molecular weight is 144 g/mol. The van der Waals surface area contributed by atoms with Crippen molar-refractivity contribution >= 4 is 11.6 Å². The van der Waals surface area contributed by atoms with E-state index in [1.807, 2.05) is 0 Å². The van der Waals surface area contributed by atoms with Gasteiger partial charge in [0.25, 0.3) is 0 Å². The highest BCUT2D eigenvalue weighted by Gasteiger charge is 2.40. The van der Waals surface area contributed by atoms with Gasteiger partial charge in [-0.1, -0.05) is 0 Å². The van der Waals surface area contributed by atoms with Gasteiger partial charge in [-0.2, -0.15) is 4.39 Å². The molecule has 0 aliphatic carbocycles. The van der Waals surface area contributed by atoms with Crippen LogP contribution < -0.4 is 5.73 Å². The first-order chi connectivity index (χ1) is 4.55. The van der Waals surface area contributed by atoms with Gasteiger partial charge in [0.05, 0.1) is 0 Å². The molecule has 1 unspecified atom stereocenters. The smallest absolute Gasteiger partial charge is 0.328 e. The molecule has 0 amide bonds. The number of nitrogens with zero attached hydrogens (tertiary/aromatic N) is 1. The first-order valence-electron chi connectivity index (χ1n) is 2.51. The van der Waals surface area contributed by atoms with E-state index < -0.39 is 17.5 Å². The third-order valence-corrected chi connectivity index (χ3v) is 1.11. The highest BCUT2D eigenvalue weighted by Crippen LogP contribution is 2.12. The SMILES string of the molecule is NC1=NC=CC(=O)C1(O)F. The van der Waals surface area contributed by atoms with Gasteiger partial charge in [0.1, 0.15) is 0 Å². The monoisotopic (exact) mass is 144 g/mol. The second kappa shape index (κ2) is 1.88. The summed E-state index contributed by atoms with van der Waals surface area (Å²) in [4.78, 5) is 13.7. The lowest BCUT2D eigenvalue weighted by Crippen LogP contribution is -2.47. The molecule has 0 aromatic heterocycles. The summed E-state index contributed by atoms with van der Waals surface area (Å²) in [7, 11) is 0. The Morgan fingerprint density at radius 3 is 2.80 bits per heavy atom. The van der Waals surface area contributed by atoms with E-state index in [0.29, 0.717) is 0 Å². The Kier molecular flexibility index (Phi) is 1.29. The van der Waals surface area contributed by atoms with Crippen LogP contribution in [-0.2, 0) is 4.79 Å². The van der Waals surface area contributed by atoms with Crippen LogP contribution in [0, 0.1) is 0 Å². The summed E-state index contributed by atoms with van der Waals surface area (Å²) < 4.78 is 12.6. The van der Waals surface area contributed by atoms with E-state index in [1.165, 1.54) is 0 Å².